The number of hydrogen-bond acceptors (Lipinski definition) is 1. The molecule has 1 saturated carbocycles. The van der Waals surface area contributed by atoms with Crippen LogP contribution in [-0.2, 0) is 0 Å². The van der Waals surface area contributed by atoms with E-state index < -0.39 is 0 Å². The minimum atomic E-state index is 0.416. The number of hydrogen-bond donors (Lipinski definition) is 1. The molecule has 0 saturated heterocycles. The van der Waals surface area contributed by atoms with Gasteiger partial charge in [0.15, 0.2) is 0 Å². The fourth-order valence-corrected chi connectivity index (χ4v) is 3.74. The summed E-state index contributed by atoms with van der Waals surface area (Å²) < 4.78 is 1.21. The summed E-state index contributed by atoms with van der Waals surface area (Å²) in [4.78, 5) is 0. The second kappa shape index (κ2) is 5.75. The molecule has 0 aromatic heterocycles. The molecule has 0 bridgehead atoms. The summed E-state index contributed by atoms with van der Waals surface area (Å²) in [5.74, 6) is 0. The van der Waals surface area contributed by atoms with Gasteiger partial charge in [-0.05, 0) is 43.2 Å². The lowest BCUT2D eigenvalue weighted by Crippen LogP contribution is -2.38. The quantitative estimate of drug-likeness (QED) is 0.822. The molecular formula is C16H24BrN. The second-order valence-corrected chi connectivity index (χ2v) is 7.22. The highest BCUT2D eigenvalue weighted by atomic mass is 79.9. The monoisotopic (exact) mass is 309 g/mol. The number of benzene rings is 1. The first-order chi connectivity index (χ1) is 8.48. The molecule has 0 aliphatic heterocycles. The fourth-order valence-electron chi connectivity index (χ4n) is 3.11. The Bertz CT molecular complexity index is 400. The molecule has 1 unspecified atom stereocenters. The Hall–Kier alpha value is -0.340. The maximum absolute atomic E-state index is 3.80. The van der Waals surface area contributed by atoms with E-state index >= 15 is 0 Å². The van der Waals surface area contributed by atoms with Gasteiger partial charge < -0.3 is 5.32 Å². The molecule has 2 atom stereocenters. The van der Waals surface area contributed by atoms with E-state index in [1.807, 2.05) is 0 Å². The largest absolute Gasteiger partial charge is 0.307 e. The molecule has 1 nitrogen and oxygen atoms in total. The zero-order valence-corrected chi connectivity index (χ0v) is 13.3. The average Bonchev–Trinajstić information content (AvgIpc) is 2.28. The summed E-state index contributed by atoms with van der Waals surface area (Å²) in [6.07, 6.45) is 5.34. The lowest BCUT2D eigenvalue weighted by Gasteiger charge is -2.37. The average molecular weight is 310 g/mol. The van der Waals surface area contributed by atoms with Gasteiger partial charge in [-0.1, -0.05) is 54.4 Å². The van der Waals surface area contributed by atoms with Crippen LogP contribution >= 0.6 is 15.9 Å². The zero-order chi connectivity index (χ0) is 13.2. The van der Waals surface area contributed by atoms with Gasteiger partial charge in [-0.25, -0.2) is 0 Å². The van der Waals surface area contributed by atoms with E-state index in [-0.39, 0.29) is 0 Å². The van der Waals surface area contributed by atoms with E-state index in [1.54, 1.807) is 0 Å². The molecule has 18 heavy (non-hydrogen) atoms. The molecule has 1 aromatic carbocycles. The van der Waals surface area contributed by atoms with Gasteiger partial charge in [0, 0.05) is 16.6 Å². The minimum absolute atomic E-state index is 0.416. The molecule has 1 aliphatic rings. The summed E-state index contributed by atoms with van der Waals surface area (Å²) in [6.45, 7) is 7.05. The van der Waals surface area contributed by atoms with Crippen LogP contribution in [0, 0.1) is 5.41 Å². The van der Waals surface area contributed by atoms with Crippen LogP contribution < -0.4 is 5.32 Å². The van der Waals surface area contributed by atoms with Crippen LogP contribution in [0.25, 0.3) is 0 Å². The lowest BCUT2D eigenvalue weighted by molar-refractivity contribution is 0.191. The van der Waals surface area contributed by atoms with Gasteiger partial charge >= 0.3 is 0 Å². The van der Waals surface area contributed by atoms with E-state index in [9.17, 15) is 0 Å². The summed E-state index contributed by atoms with van der Waals surface area (Å²) in [7, 11) is 0. The normalized spacial score (nSPS) is 24.8. The topological polar surface area (TPSA) is 12.0 Å². The first kappa shape index (κ1) is 14.1. The van der Waals surface area contributed by atoms with Crippen molar-refractivity contribution in [1.82, 2.24) is 5.32 Å². The third-order valence-electron chi connectivity index (χ3n) is 4.06. The van der Waals surface area contributed by atoms with Crippen LogP contribution in [0.5, 0.6) is 0 Å². The summed E-state index contributed by atoms with van der Waals surface area (Å²) in [5.41, 5.74) is 1.87. The molecule has 1 aromatic rings. The summed E-state index contributed by atoms with van der Waals surface area (Å²) in [6, 6.07) is 9.59. The predicted octanol–water partition coefficient (Wildman–Crippen LogP) is 5.07. The Kier molecular flexibility index (Phi) is 4.50. The van der Waals surface area contributed by atoms with Crippen molar-refractivity contribution in [2.24, 2.45) is 5.41 Å². The van der Waals surface area contributed by atoms with Gasteiger partial charge in [0.2, 0.25) is 0 Å². The predicted molar refractivity (Wildman–Crippen MR) is 81.7 cm³/mol. The highest BCUT2D eigenvalue weighted by molar-refractivity contribution is 9.10. The molecule has 1 aliphatic carbocycles. The molecule has 1 N–H and O–H groups in total. The molecule has 1 fully saturated rings. The first-order valence-corrected chi connectivity index (χ1v) is 7.78. The maximum atomic E-state index is 3.80. The van der Waals surface area contributed by atoms with E-state index in [0.717, 1.165) is 0 Å². The van der Waals surface area contributed by atoms with Crippen molar-refractivity contribution >= 4 is 15.9 Å². The minimum Gasteiger partial charge on any atom is -0.307 e. The van der Waals surface area contributed by atoms with Crippen molar-refractivity contribution in [3.8, 4) is 0 Å². The van der Waals surface area contributed by atoms with Crippen molar-refractivity contribution in [3.63, 3.8) is 0 Å². The van der Waals surface area contributed by atoms with E-state index in [0.29, 0.717) is 17.5 Å². The molecule has 0 radical (unpaired) electrons. The summed E-state index contributed by atoms with van der Waals surface area (Å²) >= 11 is 3.64. The van der Waals surface area contributed by atoms with E-state index in [4.69, 9.17) is 0 Å². The van der Waals surface area contributed by atoms with Gasteiger partial charge in [-0.3, -0.25) is 0 Å². The van der Waals surface area contributed by atoms with Crippen molar-refractivity contribution in [3.05, 3.63) is 34.3 Å². The van der Waals surface area contributed by atoms with Crippen LogP contribution in [-0.4, -0.2) is 6.04 Å². The van der Waals surface area contributed by atoms with Crippen LogP contribution in [0.1, 0.15) is 58.1 Å². The Morgan fingerprint density at radius 3 is 2.72 bits per heavy atom. The van der Waals surface area contributed by atoms with Crippen LogP contribution in [0.2, 0.25) is 0 Å². The van der Waals surface area contributed by atoms with Crippen molar-refractivity contribution in [1.29, 1.82) is 0 Å². The highest BCUT2D eigenvalue weighted by Crippen LogP contribution is 2.36. The second-order valence-electron chi connectivity index (χ2n) is 6.37. The fraction of sp³-hybridized carbons (Fsp3) is 0.625. The maximum Gasteiger partial charge on any atom is 0.0305 e. The number of rotatable bonds is 3. The van der Waals surface area contributed by atoms with Gasteiger partial charge in [0.05, 0.1) is 0 Å². The van der Waals surface area contributed by atoms with Gasteiger partial charge in [0.25, 0.3) is 0 Å². The molecule has 100 valence electrons. The molecule has 2 rings (SSSR count). The Morgan fingerprint density at radius 1 is 1.33 bits per heavy atom. The van der Waals surface area contributed by atoms with Crippen LogP contribution in [0.15, 0.2) is 28.7 Å². The zero-order valence-electron chi connectivity index (χ0n) is 11.7. The Balaban J connectivity index is 1.99. The molecular weight excluding hydrogens is 286 g/mol. The van der Waals surface area contributed by atoms with Gasteiger partial charge in [-0.2, -0.15) is 0 Å². The number of halogens is 1. The SMILES string of the molecule is C[C@H](NC1CCCC(C)(C)C1)c1ccccc1Br. The molecule has 0 amide bonds. The lowest BCUT2D eigenvalue weighted by atomic mass is 9.75. The van der Waals surface area contributed by atoms with E-state index in [1.165, 1.54) is 35.7 Å². The van der Waals surface area contributed by atoms with E-state index in [2.05, 4.69) is 66.3 Å². The smallest absolute Gasteiger partial charge is 0.0305 e. The standard InChI is InChI=1S/C16H24BrN/c1-12(14-8-4-5-9-15(14)17)18-13-7-6-10-16(2,3)11-13/h4-5,8-9,12-13,18H,6-7,10-11H2,1-3H3/t12-,13?/m0/s1. The third-order valence-corrected chi connectivity index (χ3v) is 4.78. The van der Waals surface area contributed by atoms with Crippen molar-refractivity contribution < 1.29 is 0 Å². The number of nitrogens with one attached hydrogen (secondary N) is 1. The summed E-state index contributed by atoms with van der Waals surface area (Å²) in [5, 5.41) is 3.80. The van der Waals surface area contributed by atoms with Crippen molar-refractivity contribution in [2.45, 2.75) is 58.5 Å². The first-order valence-electron chi connectivity index (χ1n) is 6.98. The molecule has 0 heterocycles. The van der Waals surface area contributed by atoms with Crippen molar-refractivity contribution in [2.75, 3.05) is 0 Å². The molecule has 0 spiro atoms. The Labute approximate surface area is 119 Å². The third kappa shape index (κ3) is 3.58. The molecule has 2 heteroatoms. The Morgan fingerprint density at radius 2 is 2.06 bits per heavy atom. The highest BCUT2D eigenvalue weighted by Gasteiger charge is 2.28. The van der Waals surface area contributed by atoms with Crippen LogP contribution in [0.4, 0.5) is 0 Å². The van der Waals surface area contributed by atoms with Crippen LogP contribution in [0.3, 0.4) is 0 Å². The van der Waals surface area contributed by atoms with Gasteiger partial charge in [-0.15, -0.1) is 0 Å². The van der Waals surface area contributed by atoms with Gasteiger partial charge in [0.1, 0.15) is 0 Å².